The number of benzene rings is 1. The molecule has 94 valence electrons. The lowest BCUT2D eigenvalue weighted by Gasteiger charge is -2.17. The molecule has 0 aliphatic heterocycles. The van der Waals surface area contributed by atoms with Crippen LogP contribution in [-0.2, 0) is 0 Å². The van der Waals surface area contributed by atoms with E-state index >= 15 is 0 Å². The van der Waals surface area contributed by atoms with Crippen molar-refractivity contribution in [2.24, 2.45) is 0 Å². The summed E-state index contributed by atoms with van der Waals surface area (Å²) in [6.07, 6.45) is 7.48. The van der Waals surface area contributed by atoms with Crippen molar-refractivity contribution < 1.29 is 4.79 Å². The SMILES string of the molecule is CCCCCCC1=CC(=O)c2ccccc2C1=S. The number of carbonyl (C=O) groups excluding carboxylic acids is 1. The van der Waals surface area contributed by atoms with Crippen LogP contribution in [0.15, 0.2) is 35.9 Å². The molecular weight excluding hydrogens is 240 g/mol. The van der Waals surface area contributed by atoms with E-state index in [1.807, 2.05) is 24.3 Å². The van der Waals surface area contributed by atoms with E-state index < -0.39 is 0 Å². The second-order valence-electron chi connectivity index (χ2n) is 4.72. The van der Waals surface area contributed by atoms with Gasteiger partial charge in [0.05, 0.1) is 0 Å². The Morgan fingerprint density at radius 2 is 1.78 bits per heavy atom. The number of unbranched alkanes of at least 4 members (excludes halogenated alkanes) is 3. The summed E-state index contributed by atoms with van der Waals surface area (Å²) >= 11 is 5.49. The van der Waals surface area contributed by atoms with Crippen LogP contribution in [0.5, 0.6) is 0 Å². The minimum absolute atomic E-state index is 0.102. The van der Waals surface area contributed by atoms with Gasteiger partial charge in [-0.3, -0.25) is 4.79 Å². The maximum Gasteiger partial charge on any atom is 0.186 e. The number of carbonyl (C=O) groups is 1. The topological polar surface area (TPSA) is 17.1 Å². The molecule has 0 unspecified atom stereocenters. The van der Waals surface area contributed by atoms with Crippen LogP contribution >= 0.6 is 12.2 Å². The molecule has 0 spiro atoms. The van der Waals surface area contributed by atoms with Gasteiger partial charge in [-0.1, -0.05) is 62.7 Å². The van der Waals surface area contributed by atoms with Crippen LogP contribution in [-0.4, -0.2) is 10.6 Å². The van der Waals surface area contributed by atoms with E-state index in [0.717, 1.165) is 34.4 Å². The Bertz CT molecular complexity index is 500. The van der Waals surface area contributed by atoms with Crippen molar-refractivity contribution in [1.82, 2.24) is 0 Å². The molecule has 1 aliphatic carbocycles. The molecule has 0 heterocycles. The van der Waals surface area contributed by atoms with Crippen LogP contribution in [0.4, 0.5) is 0 Å². The molecule has 18 heavy (non-hydrogen) atoms. The Kier molecular flexibility index (Phi) is 4.43. The fraction of sp³-hybridized carbons (Fsp3) is 0.375. The molecule has 0 atom stereocenters. The number of hydrogen-bond acceptors (Lipinski definition) is 2. The first-order chi connectivity index (χ1) is 8.74. The van der Waals surface area contributed by atoms with Gasteiger partial charge in [0.15, 0.2) is 5.78 Å². The molecule has 1 aromatic carbocycles. The largest absolute Gasteiger partial charge is 0.289 e. The lowest BCUT2D eigenvalue weighted by molar-refractivity contribution is 0.104. The first-order valence-electron chi connectivity index (χ1n) is 6.62. The number of allylic oxidation sites excluding steroid dienone is 2. The molecule has 2 heteroatoms. The summed E-state index contributed by atoms with van der Waals surface area (Å²) in [5.41, 5.74) is 2.73. The van der Waals surface area contributed by atoms with Crippen molar-refractivity contribution in [2.45, 2.75) is 39.0 Å². The van der Waals surface area contributed by atoms with E-state index in [9.17, 15) is 4.79 Å². The lowest BCUT2D eigenvalue weighted by atomic mass is 9.88. The van der Waals surface area contributed by atoms with Crippen molar-refractivity contribution in [2.75, 3.05) is 0 Å². The smallest absolute Gasteiger partial charge is 0.186 e. The molecular formula is C16H18OS. The molecule has 0 fully saturated rings. The summed E-state index contributed by atoms with van der Waals surface area (Å²) < 4.78 is 0. The van der Waals surface area contributed by atoms with Gasteiger partial charge >= 0.3 is 0 Å². The highest BCUT2D eigenvalue weighted by molar-refractivity contribution is 7.81. The minimum atomic E-state index is 0.102. The van der Waals surface area contributed by atoms with Crippen LogP contribution in [0, 0.1) is 0 Å². The molecule has 1 nitrogen and oxygen atoms in total. The van der Waals surface area contributed by atoms with Gasteiger partial charge in [-0.2, -0.15) is 0 Å². The van der Waals surface area contributed by atoms with Gasteiger partial charge < -0.3 is 0 Å². The zero-order chi connectivity index (χ0) is 13.0. The number of ketones is 1. The molecule has 1 aliphatic rings. The first-order valence-corrected chi connectivity index (χ1v) is 7.03. The van der Waals surface area contributed by atoms with Gasteiger partial charge in [-0.05, 0) is 24.5 Å². The van der Waals surface area contributed by atoms with Crippen molar-refractivity contribution >= 4 is 22.9 Å². The number of thiocarbonyl (C=S) groups is 1. The van der Waals surface area contributed by atoms with Gasteiger partial charge in [0, 0.05) is 16.0 Å². The van der Waals surface area contributed by atoms with Crippen LogP contribution < -0.4 is 0 Å². The Balaban J connectivity index is 2.11. The van der Waals surface area contributed by atoms with Gasteiger partial charge in [0.25, 0.3) is 0 Å². The molecule has 0 radical (unpaired) electrons. The third-order valence-corrected chi connectivity index (χ3v) is 3.82. The Morgan fingerprint density at radius 3 is 2.50 bits per heavy atom. The molecule has 0 bridgehead atoms. The van der Waals surface area contributed by atoms with Crippen LogP contribution in [0.2, 0.25) is 0 Å². The van der Waals surface area contributed by atoms with E-state index in [2.05, 4.69) is 6.92 Å². The Labute approximate surface area is 114 Å². The summed E-state index contributed by atoms with van der Waals surface area (Å²) in [5, 5.41) is 0. The highest BCUT2D eigenvalue weighted by atomic mass is 32.1. The summed E-state index contributed by atoms with van der Waals surface area (Å²) in [7, 11) is 0. The normalized spacial score (nSPS) is 14.4. The zero-order valence-corrected chi connectivity index (χ0v) is 11.6. The standard InChI is InChI=1S/C16H18OS/c1-2-3-4-5-8-12-11-15(17)13-9-6-7-10-14(13)16(12)18/h6-7,9-11H,2-5,8H2,1H3. The quantitative estimate of drug-likeness (QED) is 0.571. The van der Waals surface area contributed by atoms with Crippen molar-refractivity contribution in [3.63, 3.8) is 0 Å². The van der Waals surface area contributed by atoms with Gasteiger partial charge in [0.2, 0.25) is 0 Å². The van der Waals surface area contributed by atoms with Crippen molar-refractivity contribution in [3.05, 3.63) is 47.0 Å². The predicted octanol–water partition coefficient (Wildman–Crippen LogP) is 4.50. The van der Waals surface area contributed by atoms with E-state index in [-0.39, 0.29) is 5.78 Å². The molecule has 2 rings (SSSR count). The second kappa shape index (κ2) is 6.05. The fourth-order valence-corrected chi connectivity index (χ4v) is 2.64. The molecule has 0 saturated carbocycles. The van der Waals surface area contributed by atoms with Crippen LogP contribution in [0.3, 0.4) is 0 Å². The van der Waals surface area contributed by atoms with E-state index in [1.165, 1.54) is 19.3 Å². The van der Waals surface area contributed by atoms with Gasteiger partial charge in [-0.15, -0.1) is 0 Å². The van der Waals surface area contributed by atoms with Gasteiger partial charge in [0.1, 0.15) is 0 Å². The van der Waals surface area contributed by atoms with Crippen molar-refractivity contribution in [1.29, 1.82) is 0 Å². The second-order valence-corrected chi connectivity index (χ2v) is 5.13. The predicted molar refractivity (Wildman–Crippen MR) is 79.3 cm³/mol. The minimum Gasteiger partial charge on any atom is -0.289 e. The Morgan fingerprint density at radius 1 is 1.06 bits per heavy atom. The molecule has 0 amide bonds. The molecule has 0 saturated heterocycles. The molecule has 0 N–H and O–H groups in total. The number of hydrogen-bond donors (Lipinski definition) is 0. The maximum atomic E-state index is 12.0. The third kappa shape index (κ3) is 2.75. The summed E-state index contributed by atoms with van der Waals surface area (Å²) in [6, 6.07) is 7.64. The van der Waals surface area contributed by atoms with E-state index in [1.54, 1.807) is 6.08 Å². The third-order valence-electron chi connectivity index (χ3n) is 3.33. The lowest BCUT2D eigenvalue weighted by Crippen LogP contribution is -2.15. The zero-order valence-electron chi connectivity index (χ0n) is 10.7. The number of rotatable bonds is 5. The van der Waals surface area contributed by atoms with Gasteiger partial charge in [-0.25, -0.2) is 0 Å². The Hall–Kier alpha value is -1.28. The summed E-state index contributed by atoms with van der Waals surface area (Å²) in [4.78, 5) is 12.9. The van der Waals surface area contributed by atoms with Crippen molar-refractivity contribution in [3.8, 4) is 0 Å². The summed E-state index contributed by atoms with van der Waals surface area (Å²) in [6.45, 7) is 2.20. The molecule has 1 aromatic rings. The fourth-order valence-electron chi connectivity index (χ4n) is 2.30. The number of fused-ring (bicyclic) bond motifs is 1. The highest BCUT2D eigenvalue weighted by Crippen LogP contribution is 2.25. The summed E-state index contributed by atoms with van der Waals surface area (Å²) in [5.74, 6) is 0.102. The van der Waals surface area contributed by atoms with Crippen LogP contribution in [0.1, 0.15) is 54.9 Å². The van der Waals surface area contributed by atoms with Crippen LogP contribution in [0.25, 0.3) is 0 Å². The maximum absolute atomic E-state index is 12.0. The average Bonchev–Trinajstić information content (AvgIpc) is 2.40. The monoisotopic (exact) mass is 258 g/mol. The average molecular weight is 258 g/mol. The highest BCUT2D eigenvalue weighted by Gasteiger charge is 2.21. The van der Waals surface area contributed by atoms with E-state index in [4.69, 9.17) is 12.2 Å². The molecule has 0 aromatic heterocycles. The first kappa shape index (κ1) is 13.2. The van der Waals surface area contributed by atoms with E-state index in [0.29, 0.717) is 0 Å².